The number of nitrogens with zero attached hydrogens (tertiary/aromatic N) is 2. The second-order valence-electron chi connectivity index (χ2n) is 19.8. The van der Waals surface area contributed by atoms with E-state index in [1.165, 1.54) is 0 Å². The third-order valence-corrected chi connectivity index (χ3v) is 13.3. The average molecular weight is 1220 g/mol. The third-order valence-electron chi connectivity index (χ3n) is 13.3. The maximum Gasteiger partial charge on any atom is 0.333 e. The summed E-state index contributed by atoms with van der Waals surface area (Å²) in [7, 11) is 0. The molecule has 0 aromatic rings. The zero-order chi connectivity index (χ0) is 62.0. The number of hydrogen-bond acceptors (Lipinski definition) is 29. The van der Waals surface area contributed by atoms with Crippen molar-refractivity contribution in [2.24, 2.45) is 0 Å². The summed E-state index contributed by atoms with van der Waals surface area (Å²) in [6, 6.07) is -1.28. The number of aliphatic hydroxyl groups is 12. The van der Waals surface area contributed by atoms with Crippen molar-refractivity contribution in [2.45, 2.75) is 156 Å². The van der Waals surface area contributed by atoms with E-state index in [2.05, 4.69) is 31.9 Å². The number of ether oxygens (including phenoxy) is 6. The quantitative estimate of drug-likeness (QED) is 0.0205. The highest BCUT2D eigenvalue weighted by atomic mass is 16.7. The van der Waals surface area contributed by atoms with Gasteiger partial charge in [-0.3, -0.25) is 43.3 Å². The summed E-state index contributed by atoms with van der Waals surface area (Å²) < 4.78 is 32.0. The molecule has 4 aliphatic rings. The van der Waals surface area contributed by atoms with Gasteiger partial charge in [0.15, 0.2) is 18.9 Å². The van der Waals surface area contributed by atoms with Crippen LogP contribution in [0.5, 0.6) is 0 Å². The highest BCUT2D eigenvalue weighted by Gasteiger charge is 2.46. The van der Waals surface area contributed by atoms with Gasteiger partial charge in [-0.1, -0.05) is 0 Å². The summed E-state index contributed by atoms with van der Waals surface area (Å²) in [6.07, 6.45) is -22.9. The van der Waals surface area contributed by atoms with Crippen molar-refractivity contribution in [1.29, 1.82) is 0 Å². The molecule has 8 amide bonds. The Morgan fingerprint density at radius 2 is 0.893 bits per heavy atom. The number of nitrogens with one attached hydrogen (secondary N) is 6. The molecule has 4 rings (SSSR count). The van der Waals surface area contributed by atoms with E-state index in [4.69, 9.17) is 33.3 Å². The second-order valence-corrected chi connectivity index (χ2v) is 19.8. The van der Waals surface area contributed by atoms with Crippen LogP contribution in [-0.2, 0) is 76.4 Å². The van der Waals surface area contributed by atoms with Crippen molar-refractivity contribution in [3.05, 3.63) is 0 Å². The lowest BCUT2D eigenvalue weighted by Gasteiger charge is -2.39. The zero-order valence-corrected chi connectivity index (χ0v) is 45.8. The van der Waals surface area contributed by atoms with E-state index < -0.39 is 191 Å². The molecule has 36 nitrogen and oxygen atoms in total. The van der Waals surface area contributed by atoms with Crippen LogP contribution in [0.1, 0.15) is 57.8 Å². The van der Waals surface area contributed by atoms with Crippen molar-refractivity contribution in [2.75, 3.05) is 92.0 Å². The molecule has 0 saturated carbocycles. The first-order chi connectivity index (χ1) is 40.0. The Hall–Kier alpha value is -5.33. The smallest absolute Gasteiger partial charge is 0.333 e. The Bertz CT molecular complexity index is 2060. The van der Waals surface area contributed by atoms with E-state index in [0.29, 0.717) is 11.5 Å². The maximum atomic E-state index is 13.5. The van der Waals surface area contributed by atoms with Crippen molar-refractivity contribution in [1.82, 2.24) is 41.9 Å². The molecule has 4 fully saturated rings. The summed E-state index contributed by atoms with van der Waals surface area (Å²) in [5.74, 6) is -6.54. The van der Waals surface area contributed by atoms with Crippen LogP contribution in [0.15, 0.2) is 0 Å². The molecule has 0 unspecified atom stereocenters. The summed E-state index contributed by atoms with van der Waals surface area (Å²) in [5, 5.41) is 135. The third kappa shape index (κ3) is 22.8. The van der Waals surface area contributed by atoms with Crippen LogP contribution >= 0.6 is 0 Å². The number of carbonyl (C=O) groups excluding carboxylic acids is 9. The highest BCUT2D eigenvalue weighted by molar-refractivity contribution is 6.01. The van der Waals surface area contributed by atoms with E-state index >= 15 is 0 Å². The molecule has 18 N–H and O–H groups in total. The monoisotopic (exact) mass is 1220 g/mol. The van der Waals surface area contributed by atoms with Crippen molar-refractivity contribution in [3.63, 3.8) is 0 Å². The molecule has 0 bridgehead atoms. The van der Waals surface area contributed by atoms with Gasteiger partial charge in [0.2, 0.25) is 35.4 Å². The van der Waals surface area contributed by atoms with Gasteiger partial charge in [0.05, 0.1) is 65.8 Å². The van der Waals surface area contributed by atoms with Gasteiger partial charge in [-0.15, -0.1) is 5.06 Å². The molecule has 480 valence electrons. The molecule has 4 saturated heterocycles. The van der Waals surface area contributed by atoms with E-state index in [0.717, 1.165) is 4.90 Å². The standard InChI is InChI=1S/C48H80N8O28/c57-21-25-36(68)39(71)42(74)46(81-25)78-14-11-50-30(62)18-55(19-31(63)51-12-15-79-47-43(75)40(72)37(69)26(22-58)82-47)20-32(64)53-17-29(61)54-24(45(77)52-13-16-80-48-44(76)41(73)38(70)27(23-59)83-48)5-3-4-10-49-28(60)6-1-2-7-35(67)84-56-33(65)8-9-34(56)66/h24-27,36-44,46-48,57-59,68-76H,1-23H2,(H,49,60)(H,50,62)(H,51,63)(H,52,77)(H,53,64)(H,54,61)/t24-,25+,26+,27+,36+,37+,38+,39-,40-,41-,42-,43-,44-,46-,47-,48-/m0/s1. The Morgan fingerprint density at radius 3 is 1.33 bits per heavy atom. The van der Waals surface area contributed by atoms with E-state index in [1.54, 1.807) is 0 Å². The average Bonchev–Trinajstić information content (AvgIpc) is 3.87. The van der Waals surface area contributed by atoms with Crippen LogP contribution < -0.4 is 31.9 Å². The topological polar surface area (TPSA) is 540 Å². The normalized spacial score (nSPS) is 29.2. The minimum Gasteiger partial charge on any atom is -0.394 e. The highest BCUT2D eigenvalue weighted by Crippen LogP contribution is 2.24. The number of amides is 8. The summed E-state index contributed by atoms with van der Waals surface area (Å²) in [4.78, 5) is 120. The van der Waals surface area contributed by atoms with Crippen molar-refractivity contribution >= 4 is 53.2 Å². The first-order valence-electron chi connectivity index (χ1n) is 27.2. The Labute approximate surface area is 479 Å². The molecule has 16 atom stereocenters. The summed E-state index contributed by atoms with van der Waals surface area (Å²) >= 11 is 0. The van der Waals surface area contributed by atoms with Crippen molar-refractivity contribution < 1.29 is 138 Å². The van der Waals surface area contributed by atoms with Crippen LogP contribution in [0.4, 0.5) is 0 Å². The fourth-order valence-corrected chi connectivity index (χ4v) is 8.61. The maximum absolute atomic E-state index is 13.5. The van der Waals surface area contributed by atoms with Crippen LogP contribution in [-0.4, -0.2) is 315 Å². The summed E-state index contributed by atoms with van der Waals surface area (Å²) in [5.41, 5.74) is 0. The largest absolute Gasteiger partial charge is 0.394 e. The number of aliphatic hydroxyl groups excluding tert-OH is 12. The second kappa shape index (κ2) is 36.6. The predicted molar refractivity (Wildman–Crippen MR) is 272 cm³/mol. The number of hydrogen-bond donors (Lipinski definition) is 18. The molecular weight excluding hydrogens is 1140 g/mol. The molecule has 84 heavy (non-hydrogen) atoms. The number of imide groups is 1. The van der Waals surface area contributed by atoms with Crippen LogP contribution in [0.2, 0.25) is 0 Å². The molecule has 36 heteroatoms. The van der Waals surface area contributed by atoms with E-state index in [9.17, 15) is 104 Å². The molecular formula is C48H80N8O28. The van der Waals surface area contributed by atoms with Gasteiger partial charge >= 0.3 is 5.97 Å². The van der Waals surface area contributed by atoms with Crippen LogP contribution in [0.3, 0.4) is 0 Å². The molecule has 4 heterocycles. The van der Waals surface area contributed by atoms with Gasteiger partial charge in [0, 0.05) is 51.9 Å². The molecule has 0 aromatic heterocycles. The SMILES string of the molecule is O=C(CCCCC(=O)ON1C(=O)CCC1=O)NCCCC[C@H](NC(=O)CNC(=O)CN(CC(=O)NCCO[C@H]1O[C@H](CO)[C@@H](O)[C@H](O)[C@@H]1O)CC(=O)NCCO[C@H]1O[C@H](CO)[C@@H](O)[C@H](O)[C@@H]1O)C(=O)NCCO[C@H]1O[C@H](CO)[C@@H](O)[C@H](O)[C@@H]1O. The van der Waals surface area contributed by atoms with Gasteiger partial charge < -0.3 is 126 Å². The molecule has 4 aliphatic heterocycles. The minimum absolute atomic E-state index is 0.0180. The van der Waals surface area contributed by atoms with Gasteiger partial charge in [-0.05, 0) is 32.1 Å². The van der Waals surface area contributed by atoms with Gasteiger partial charge in [0.1, 0.15) is 79.3 Å². The zero-order valence-electron chi connectivity index (χ0n) is 45.8. The molecule has 0 spiro atoms. The lowest BCUT2D eigenvalue weighted by Crippen LogP contribution is -2.59. The number of unbranched alkanes of at least 4 members (excludes halogenated alkanes) is 2. The van der Waals surface area contributed by atoms with Crippen LogP contribution in [0, 0.1) is 0 Å². The fraction of sp³-hybridized carbons (Fsp3) is 0.812. The molecule has 0 aromatic carbocycles. The summed E-state index contributed by atoms with van der Waals surface area (Å²) in [6.45, 7) is -6.56. The number of rotatable bonds is 36. The van der Waals surface area contributed by atoms with Gasteiger partial charge in [0.25, 0.3) is 11.8 Å². The van der Waals surface area contributed by atoms with Crippen molar-refractivity contribution in [3.8, 4) is 0 Å². The Kier molecular flexibility index (Phi) is 31.0. The predicted octanol–water partition coefficient (Wildman–Crippen LogP) is -11.9. The van der Waals surface area contributed by atoms with Gasteiger partial charge in [-0.25, -0.2) is 4.79 Å². The fourth-order valence-electron chi connectivity index (χ4n) is 8.61. The first-order valence-corrected chi connectivity index (χ1v) is 27.2. The Morgan fingerprint density at radius 1 is 0.488 bits per heavy atom. The molecule has 0 radical (unpaired) electrons. The number of carbonyl (C=O) groups is 9. The lowest BCUT2D eigenvalue weighted by molar-refractivity contribution is -0.300. The van der Waals surface area contributed by atoms with Crippen LogP contribution in [0.25, 0.3) is 0 Å². The van der Waals surface area contributed by atoms with E-state index in [1.807, 2.05) is 0 Å². The number of hydroxylamine groups is 2. The van der Waals surface area contributed by atoms with Gasteiger partial charge in [-0.2, -0.15) is 0 Å². The molecule has 0 aliphatic carbocycles. The first kappa shape index (κ1) is 71.2. The Balaban J connectivity index is 1.30. The van der Waals surface area contributed by atoms with E-state index in [-0.39, 0.29) is 103 Å². The lowest BCUT2D eigenvalue weighted by atomic mass is 9.99. The minimum atomic E-state index is -1.73.